The molecule has 8 heavy (non-hydrogen) atoms. The van der Waals surface area contributed by atoms with Gasteiger partial charge in [-0.25, -0.2) is 0 Å². The predicted octanol–water partition coefficient (Wildman–Crippen LogP) is -2.64. The summed E-state index contributed by atoms with van der Waals surface area (Å²) in [5.41, 5.74) is 4.85. The fraction of sp³-hybridized carbons (Fsp3) is 1.00. The normalized spacial score (nSPS) is 9.75. The van der Waals surface area contributed by atoms with Gasteiger partial charge in [-0.3, -0.25) is 0 Å². The van der Waals surface area contributed by atoms with E-state index in [1.807, 2.05) is 6.92 Å². The smallest absolute Gasteiger partial charge is 0.368 e. The minimum Gasteiger partial charge on any atom is -0.368 e. The molecule has 5 nitrogen and oxygen atoms in total. The third-order valence-corrected chi connectivity index (χ3v) is 0. The zero-order valence-electron chi connectivity index (χ0n) is 4.57. The largest absolute Gasteiger partial charge is 0.668 e. The Hall–Kier alpha value is 0.0169. The first-order valence-corrected chi connectivity index (χ1v) is 3.80. The van der Waals surface area contributed by atoms with Crippen molar-refractivity contribution in [3.8, 4) is 0 Å². The molecule has 0 spiro atoms. The lowest BCUT2D eigenvalue weighted by molar-refractivity contribution is 0.117. The summed E-state index contributed by atoms with van der Waals surface area (Å²) in [6.07, 6.45) is 0. The Balaban J connectivity index is 0. The highest BCUT2D eigenvalue weighted by Crippen LogP contribution is 1.67. The van der Waals surface area contributed by atoms with Crippen LogP contribution in [0.25, 0.3) is 0 Å². The fourth-order valence-corrected chi connectivity index (χ4v) is 0. The second kappa shape index (κ2) is 5.16. The number of nitrogens with two attached hydrogens (primary N) is 1. The molecule has 6 heteroatoms. The third-order valence-electron chi connectivity index (χ3n) is 0. The molecule has 0 saturated carbocycles. The van der Waals surface area contributed by atoms with Gasteiger partial charge in [0.2, 0.25) is 0 Å². The molecule has 0 atom stereocenters. The number of rotatable bonds is 0. The summed E-state index contributed by atoms with van der Waals surface area (Å²) in [7, 11) is -4.61. The van der Waals surface area contributed by atoms with Crippen LogP contribution in [0.5, 0.6) is 0 Å². The minimum absolute atomic E-state index is 0.750. The van der Waals surface area contributed by atoms with Gasteiger partial charge in [-0.15, -0.1) is 0 Å². The molecule has 0 heterocycles. The molecular formula is C2H11NO4Si. The van der Waals surface area contributed by atoms with E-state index < -0.39 is 9.05 Å². The summed E-state index contributed by atoms with van der Waals surface area (Å²) >= 11 is 0. The van der Waals surface area contributed by atoms with Crippen molar-refractivity contribution in [1.82, 2.24) is 0 Å². The fourth-order valence-electron chi connectivity index (χ4n) is 0. The average Bonchev–Trinajstić information content (AvgIpc) is 1.27. The van der Waals surface area contributed by atoms with E-state index >= 15 is 0 Å². The second-order valence-electron chi connectivity index (χ2n) is 1.01. The summed E-state index contributed by atoms with van der Waals surface area (Å²) in [6.45, 7) is 2.65. The zero-order chi connectivity index (χ0) is 7.21. The molecule has 0 fully saturated rings. The quantitative estimate of drug-likeness (QED) is 0.237. The molecule has 0 aliphatic carbocycles. The van der Waals surface area contributed by atoms with Gasteiger partial charge in [0.15, 0.2) is 0 Å². The van der Waals surface area contributed by atoms with Crippen molar-refractivity contribution in [2.45, 2.75) is 6.92 Å². The Morgan fingerprint density at radius 1 is 1.25 bits per heavy atom. The van der Waals surface area contributed by atoms with Gasteiger partial charge in [0, 0.05) is 0 Å². The first-order chi connectivity index (χ1) is 3.41. The van der Waals surface area contributed by atoms with Crippen LogP contribution in [0.4, 0.5) is 0 Å². The van der Waals surface area contributed by atoms with E-state index in [4.69, 9.17) is 24.9 Å². The van der Waals surface area contributed by atoms with Gasteiger partial charge in [-0.1, -0.05) is 6.92 Å². The Morgan fingerprint density at radius 2 is 1.25 bits per heavy atom. The van der Waals surface area contributed by atoms with Crippen LogP contribution >= 0.6 is 0 Å². The van der Waals surface area contributed by atoms with Crippen molar-refractivity contribution in [1.29, 1.82) is 0 Å². The second-order valence-corrected chi connectivity index (χ2v) is 2.21. The monoisotopic (exact) mass is 141 g/mol. The van der Waals surface area contributed by atoms with Crippen molar-refractivity contribution in [2.24, 2.45) is 5.73 Å². The van der Waals surface area contributed by atoms with E-state index in [9.17, 15) is 0 Å². The SMILES string of the molecule is CCN.O[Si](O)(O)O. The highest BCUT2D eigenvalue weighted by molar-refractivity contribution is 6.46. The summed E-state index contributed by atoms with van der Waals surface area (Å²) in [5, 5.41) is 0. The molecule has 0 aromatic heterocycles. The van der Waals surface area contributed by atoms with E-state index in [0.717, 1.165) is 6.54 Å². The van der Waals surface area contributed by atoms with E-state index in [2.05, 4.69) is 0 Å². The van der Waals surface area contributed by atoms with Crippen molar-refractivity contribution >= 4 is 9.05 Å². The Labute approximate surface area is 48.5 Å². The Kier molecular flexibility index (Phi) is 7.03. The van der Waals surface area contributed by atoms with Gasteiger partial charge in [-0.2, -0.15) is 0 Å². The summed E-state index contributed by atoms with van der Waals surface area (Å²) in [5.74, 6) is 0. The molecule has 0 aromatic rings. The lowest BCUT2D eigenvalue weighted by Gasteiger charge is -1.91. The van der Waals surface area contributed by atoms with Gasteiger partial charge >= 0.3 is 9.05 Å². The van der Waals surface area contributed by atoms with Crippen molar-refractivity contribution in [3.63, 3.8) is 0 Å². The molecular weight excluding hydrogens is 130 g/mol. The molecule has 0 rings (SSSR count). The zero-order valence-corrected chi connectivity index (χ0v) is 5.57. The maximum Gasteiger partial charge on any atom is 0.668 e. The van der Waals surface area contributed by atoms with Crippen LogP contribution in [-0.4, -0.2) is 34.8 Å². The Morgan fingerprint density at radius 3 is 1.25 bits per heavy atom. The maximum atomic E-state index is 7.33. The predicted molar refractivity (Wildman–Crippen MR) is 29.4 cm³/mol. The molecule has 0 bridgehead atoms. The van der Waals surface area contributed by atoms with Gasteiger partial charge in [0.25, 0.3) is 0 Å². The van der Waals surface area contributed by atoms with E-state index in [0.29, 0.717) is 0 Å². The average molecular weight is 141 g/mol. The number of hydrogen-bond acceptors (Lipinski definition) is 5. The lowest BCUT2D eigenvalue weighted by Crippen LogP contribution is -2.33. The highest BCUT2D eigenvalue weighted by atomic mass is 28.4. The lowest BCUT2D eigenvalue weighted by atomic mass is 10.8. The molecule has 0 amide bonds. The van der Waals surface area contributed by atoms with Gasteiger partial charge < -0.3 is 24.9 Å². The van der Waals surface area contributed by atoms with Crippen LogP contribution in [-0.2, 0) is 0 Å². The van der Waals surface area contributed by atoms with E-state index in [1.54, 1.807) is 0 Å². The standard InChI is InChI=1S/C2H7N.H4O4Si/c1-2-3;1-5(2,3)4/h2-3H2,1H3;1-4H. The van der Waals surface area contributed by atoms with Gasteiger partial charge in [0.1, 0.15) is 0 Å². The first kappa shape index (κ1) is 10.9. The molecule has 0 aromatic carbocycles. The summed E-state index contributed by atoms with van der Waals surface area (Å²) in [6, 6.07) is 0. The molecule has 0 radical (unpaired) electrons. The van der Waals surface area contributed by atoms with Crippen molar-refractivity contribution in [2.75, 3.05) is 6.54 Å². The van der Waals surface area contributed by atoms with Gasteiger partial charge in [-0.05, 0) is 6.54 Å². The third kappa shape index (κ3) is 531000. The highest BCUT2D eigenvalue weighted by Gasteiger charge is 2.22. The van der Waals surface area contributed by atoms with Crippen LogP contribution in [0.1, 0.15) is 6.92 Å². The molecule has 0 aliphatic rings. The molecule has 0 aliphatic heterocycles. The first-order valence-electron chi connectivity index (χ1n) is 2.01. The maximum absolute atomic E-state index is 7.33. The van der Waals surface area contributed by atoms with Crippen LogP contribution in [0.3, 0.4) is 0 Å². The molecule has 0 unspecified atom stereocenters. The van der Waals surface area contributed by atoms with Crippen LogP contribution in [0, 0.1) is 0 Å². The molecule has 6 N–H and O–H groups in total. The summed E-state index contributed by atoms with van der Waals surface area (Å²) in [4.78, 5) is 29.3. The van der Waals surface area contributed by atoms with E-state index in [1.165, 1.54) is 0 Å². The van der Waals surface area contributed by atoms with Gasteiger partial charge in [0.05, 0.1) is 0 Å². The minimum atomic E-state index is -4.61. The molecule has 0 saturated heterocycles. The summed E-state index contributed by atoms with van der Waals surface area (Å²) < 4.78 is 0. The van der Waals surface area contributed by atoms with Crippen molar-refractivity contribution < 1.29 is 19.2 Å². The van der Waals surface area contributed by atoms with E-state index in [-0.39, 0.29) is 0 Å². The number of hydrogen-bond donors (Lipinski definition) is 5. The topological polar surface area (TPSA) is 107 Å². The van der Waals surface area contributed by atoms with Crippen LogP contribution in [0.15, 0.2) is 0 Å². The van der Waals surface area contributed by atoms with Crippen LogP contribution in [0.2, 0.25) is 0 Å². The van der Waals surface area contributed by atoms with Crippen molar-refractivity contribution in [3.05, 3.63) is 0 Å². The Bertz CT molecular complexity index is 37.8. The van der Waals surface area contributed by atoms with Crippen LogP contribution < -0.4 is 5.73 Å². The molecule has 52 valence electrons.